The molecule has 3 N–H and O–H groups in total. The predicted molar refractivity (Wildman–Crippen MR) is 64.3 cm³/mol. The minimum atomic E-state index is -0.0933. The molecular formula is C11H15BrN2O. The number of carbonyl (C=O) groups is 1. The van der Waals surface area contributed by atoms with Gasteiger partial charge in [-0.15, -0.1) is 0 Å². The highest BCUT2D eigenvalue weighted by Crippen LogP contribution is 2.15. The molecule has 0 radical (unpaired) electrons. The second-order valence-corrected chi connectivity index (χ2v) is 4.40. The molecule has 0 bridgehead atoms. The second-order valence-electron chi connectivity index (χ2n) is 3.55. The van der Waals surface area contributed by atoms with E-state index in [9.17, 15) is 4.79 Å². The highest BCUT2D eigenvalue weighted by Gasteiger charge is 2.05. The van der Waals surface area contributed by atoms with E-state index in [0.717, 1.165) is 10.0 Å². The van der Waals surface area contributed by atoms with Crippen molar-refractivity contribution < 1.29 is 4.79 Å². The molecule has 0 aromatic heterocycles. The summed E-state index contributed by atoms with van der Waals surface area (Å²) in [6, 6.07) is 7.71. The Labute approximate surface area is 98.2 Å². The highest BCUT2D eigenvalue weighted by molar-refractivity contribution is 9.10. The molecule has 0 saturated heterocycles. The van der Waals surface area contributed by atoms with Crippen molar-refractivity contribution in [3.8, 4) is 0 Å². The fraction of sp³-hybridized carbons (Fsp3) is 0.364. The third kappa shape index (κ3) is 4.44. The summed E-state index contributed by atoms with van der Waals surface area (Å²) in [5.74, 6) is -0.0132. The number of halogens is 1. The van der Waals surface area contributed by atoms with Gasteiger partial charge < -0.3 is 11.1 Å². The zero-order chi connectivity index (χ0) is 11.3. The average Bonchev–Trinajstić information content (AvgIpc) is 2.15. The van der Waals surface area contributed by atoms with Gasteiger partial charge in [0.15, 0.2) is 0 Å². The summed E-state index contributed by atoms with van der Waals surface area (Å²) in [6.45, 7) is 2.35. The van der Waals surface area contributed by atoms with Crippen molar-refractivity contribution >= 4 is 21.8 Å². The van der Waals surface area contributed by atoms with Gasteiger partial charge in [-0.3, -0.25) is 4.79 Å². The van der Waals surface area contributed by atoms with Crippen LogP contribution < -0.4 is 11.1 Å². The lowest BCUT2D eigenvalue weighted by Gasteiger charge is -2.08. The molecular weight excluding hydrogens is 256 g/mol. The van der Waals surface area contributed by atoms with Crippen LogP contribution in [0.15, 0.2) is 28.7 Å². The van der Waals surface area contributed by atoms with Crippen molar-refractivity contribution in [3.05, 3.63) is 34.3 Å². The van der Waals surface area contributed by atoms with Crippen molar-refractivity contribution in [1.82, 2.24) is 5.32 Å². The van der Waals surface area contributed by atoms with Crippen molar-refractivity contribution in [2.45, 2.75) is 25.9 Å². The lowest BCUT2D eigenvalue weighted by atomic mass is 10.2. The molecule has 1 atom stereocenters. The van der Waals surface area contributed by atoms with Gasteiger partial charge in [0, 0.05) is 23.5 Å². The van der Waals surface area contributed by atoms with Crippen molar-refractivity contribution in [2.24, 2.45) is 5.73 Å². The van der Waals surface area contributed by atoms with Gasteiger partial charge in [0.05, 0.1) is 0 Å². The summed E-state index contributed by atoms with van der Waals surface area (Å²) in [6.07, 6.45) is 0.366. The smallest absolute Gasteiger partial charge is 0.221 e. The summed E-state index contributed by atoms with van der Waals surface area (Å²) >= 11 is 3.42. The van der Waals surface area contributed by atoms with Crippen molar-refractivity contribution in [1.29, 1.82) is 0 Å². The van der Waals surface area contributed by atoms with E-state index in [0.29, 0.717) is 13.0 Å². The number of amides is 1. The third-order valence-electron chi connectivity index (χ3n) is 1.94. The number of hydrogen-bond acceptors (Lipinski definition) is 2. The standard InChI is InChI=1S/C11H15BrN2O/c1-8(13)6-11(15)14-7-9-4-2-3-5-10(9)12/h2-5,8H,6-7,13H2,1H3,(H,14,15). The fourth-order valence-corrected chi connectivity index (χ4v) is 1.63. The Morgan fingerprint density at radius 1 is 1.53 bits per heavy atom. The lowest BCUT2D eigenvalue weighted by molar-refractivity contribution is -0.121. The summed E-state index contributed by atoms with van der Waals surface area (Å²) in [5.41, 5.74) is 6.59. The fourth-order valence-electron chi connectivity index (χ4n) is 1.20. The van der Waals surface area contributed by atoms with Gasteiger partial charge in [-0.25, -0.2) is 0 Å². The quantitative estimate of drug-likeness (QED) is 0.877. The van der Waals surface area contributed by atoms with E-state index in [1.165, 1.54) is 0 Å². The number of nitrogens with two attached hydrogens (primary N) is 1. The van der Waals surface area contributed by atoms with Crippen LogP contribution >= 0.6 is 15.9 Å². The summed E-state index contributed by atoms with van der Waals surface area (Å²) in [5, 5.41) is 2.82. The molecule has 3 nitrogen and oxygen atoms in total. The first kappa shape index (κ1) is 12.2. The minimum absolute atomic E-state index is 0.0132. The Hall–Kier alpha value is -0.870. The van der Waals surface area contributed by atoms with Crippen LogP contribution in [0.2, 0.25) is 0 Å². The van der Waals surface area contributed by atoms with Crippen LogP contribution in [0.1, 0.15) is 18.9 Å². The normalized spacial score (nSPS) is 12.2. The van der Waals surface area contributed by atoms with Gasteiger partial charge in [-0.1, -0.05) is 34.1 Å². The Kier molecular flexibility index (Phi) is 4.78. The molecule has 0 aliphatic carbocycles. The molecule has 0 saturated carbocycles. The average molecular weight is 271 g/mol. The molecule has 4 heteroatoms. The second kappa shape index (κ2) is 5.88. The molecule has 0 aliphatic rings. The lowest BCUT2D eigenvalue weighted by Crippen LogP contribution is -2.29. The monoisotopic (exact) mass is 270 g/mol. The molecule has 1 rings (SSSR count). The largest absolute Gasteiger partial charge is 0.352 e. The third-order valence-corrected chi connectivity index (χ3v) is 2.71. The Morgan fingerprint density at radius 3 is 2.80 bits per heavy atom. The molecule has 0 spiro atoms. The topological polar surface area (TPSA) is 55.1 Å². The van der Waals surface area contributed by atoms with Crippen LogP contribution in [-0.2, 0) is 11.3 Å². The summed E-state index contributed by atoms with van der Waals surface area (Å²) < 4.78 is 1.01. The first-order valence-electron chi connectivity index (χ1n) is 4.85. The molecule has 82 valence electrons. The van der Waals surface area contributed by atoms with Crippen molar-refractivity contribution in [2.75, 3.05) is 0 Å². The van der Waals surface area contributed by atoms with Gasteiger partial charge in [-0.05, 0) is 18.6 Å². The molecule has 1 aromatic rings. The van der Waals surface area contributed by atoms with E-state index in [-0.39, 0.29) is 11.9 Å². The first-order chi connectivity index (χ1) is 7.09. The Bertz CT molecular complexity index is 339. The number of benzene rings is 1. The first-order valence-corrected chi connectivity index (χ1v) is 5.64. The molecule has 1 amide bonds. The number of carbonyl (C=O) groups excluding carboxylic acids is 1. The maximum atomic E-state index is 11.3. The van der Waals surface area contributed by atoms with Gasteiger partial charge in [0.2, 0.25) is 5.91 Å². The van der Waals surface area contributed by atoms with E-state index >= 15 is 0 Å². The number of rotatable bonds is 4. The molecule has 1 aromatic carbocycles. The van der Waals surface area contributed by atoms with E-state index < -0.39 is 0 Å². The van der Waals surface area contributed by atoms with Crippen LogP contribution in [0, 0.1) is 0 Å². The molecule has 15 heavy (non-hydrogen) atoms. The Balaban J connectivity index is 2.44. The predicted octanol–water partition coefficient (Wildman–Crippen LogP) is 1.80. The van der Waals surface area contributed by atoms with Gasteiger partial charge in [0.1, 0.15) is 0 Å². The molecule has 1 unspecified atom stereocenters. The van der Waals surface area contributed by atoms with Crippen LogP contribution in [0.4, 0.5) is 0 Å². The van der Waals surface area contributed by atoms with Crippen LogP contribution in [0.25, 0.3) is 0 Å². The van der Waals surface area contributed by atoms with E-state index in [4.69, 9.17) is 5.73 Å². The van der Waals surface area contributed by atoms with E-state index in [1.807, 2.05) is 31.2 Å². The molecule has 0 aliphatic heterocycles. The van der Waals surface area contributed by atoms with Crippen LogP contribution in [0.3, 0.4) is 0 Å². The number of hydrogen-bond donors (Lipinski definition) is 2. The van der Waals surface area contributed by atoms with Crippen molar-refractivity contribution in [3.63, 3.8) is 0 Å². The van der Waals surface area contributed by atoms with Gasteiger partial charge in [-0.2, -0.15) is 0 Å². The van der Waals surface area contributed by atoms with E-state index in [1.54, 1.807) is 0 Å². The van der Waals surface area contributed by atoms with Crippen LogP contribution in [-0.4, -0.2) is 11.9 Å². The molecule has 0 heterocycles. The zero-order valence-electron chi connectivity index (χ0n) is 8.66. The summed E-state index contributed by atoms with van der Waals surface area (Å²) in [4.78, 5) is 11.3. The maximum absolute atomic E-state index is 11.3. The number of nitrogens with one attached hydrogen (secondary N) is 1. The van der Waals surface area contributed by atoms with Gasteiger partial charge in [0.25, 0.3) is 0 Å². The Morgan fingerprint density at radius 2 is 2.20 bits per heavy atom. The van der Waals surface area contributed by atoms with Crippen LogP contribution in [0.5, 0.6) is 0 Å². The van der Waals surface area contributed by atoms with Gasteiger partial charge >= 0.3 is 0 Å². The highest BCUT2D eigenvalue weighted by atomic mass is 79.9. The van der Waals surface area contributed by atoms with E-state index in [2.05, 4.69) is 21.2 Å². The zero-order valence-corrected chi connectivity index (χ0v) is 10.3. The SMILES string of the molecule is CC(N)CC(=O)NCc1ccccc1Br. The maximum Gasteiger partial charge on any atom is 0.221 e. The molecule has 0 fully saturated rings. The minimum Gasteiger partial charge on any atom is -0.352 e. The summed E-state index contributed by atoms with van der Waals surface area (Å²) in [7, 11) is 0.